The van der Waals surface area contributed by atoms with Gasteiger partial charge in [-0.1, -0.05) is 6.07 Å². The van der Waals surface area contributed by atoms with Crippen molar-refractivity contribution in [3.63, 3.8) is 0 Å². The molecule has 0 saturated heterocycles. The minimum atomic E-state index is -0.0487. The number of carbonyl (C=O) groups excluding carboxylic acids is 1. The summed E-state index contributed by atoms with van der Waals surface area (Å²) in [6.45, 7) is 7.51. The number of carbonyl (C=O) groups is 1. The van der Waals surface area contributed by atoms with E-state index in [-0.39, 0.29) is 11.9 Å². The number of hydrogen-bond acceptors (Lipinski definition) is 3. The molecule has 2 rings (SSSR count). The molecule has 1 aromatic carbocycles. The number of aromatic nitrogens is 2. The van der Waals surface area contributed by atoms with Gasteiger partial charge in [-0.2, -0.15) is 5.10 Å². The van der Waals surface area contributed by atoms with Crippen LogP contribution in [0.5, 0.6) is 0 Å². The first kappa shape index (κ1) is 15.1. The first-order chi connectivity index (χ1) is 10.1. The molecule has 0 atom stereocenters. The first-order valence-electron chi connectivity index (χ1n) is 7.24. The Bertz CT molecular complexity index is 604. The standard InChI is InChI=1S/C16H22N4O/c1-4-20-11-13(10-18-20)9-17-15-7-5-6-14(8-15)16(21)19-12(2)3/h5-8,10-12,17H,4,9H2,1-3H3,(H,19,21). The molecule has 0 aliphatic carbocycles. The number of rotatable bonds is 6. The highest BCUT2D eigenvalue weighted by Gasteiger charge is 2.07. The van der Waals surface area contributed by atoms with Crippen LogP contribution in [-0.4, -0.2) is 21.7 Å². The molecule has 0 spiro atoms. The van der Waals surface area contributed by atoms with Gasteiger partial charge in [0.25, 0.3) is 5.91 Å². The van der Waals surface area contributed by atoms with Gasteiger partial charge < -0.3 is 10.6 Å². The van der Waals surface area contributed by atoms with Gasteiger partial charge in [0.1, 0.15) is 0 Å². The molecule has 2 aromatic rings. The Morgan fingerprint density at radius 3 is 2.86 bits per heavy atom. The van der Waals surface area contributed by atoms with Crippen molar-refractivity contribution in [1.82, 2.24) is 15.1 Å². The van der Waals surface area contributed by atoms with E-state index >= 15 is 0 Å². The zero-order valence-electron chi connectivity index (χ0n) is 12.8. The van der Waals surface area contributed by atoms with Crippen LogP contribution < -0.4 is 10.6 Å². The molecule has 2 N–H and O–H groups in total. The van der Waals surface area contributed by atoms with Crippen LogP contribution in [-0.2, 0) is 13.1 Å². The van der Waals surface area contributed by atoms with E-state index in [2.05, 4.69) is 22.7 Å². The molecular formula is C16H22N4O. The number of amides is 1. The molecule has 0 saturated carbocycles. The fourth-order valence-corrected chi connectivity index (χ4v) is 1.99. The van der Waals surface area contributed by atoms with Gasteiger partial charge >= 0.3 is 0 Å². The van der Waals surface area contributed by atoms with E-state index in [0.29, 0.717) is 12.1 Å². The Labute approximate surface area is 125 Å². The van der Waals surface area contributed by atoms with Gasteiger partial charge in [-0.15, -0.1) is 0 Å². The summed E-state index contributed by atoms with van der Waals surface area (Å²) in [7, 11) is 0. The third kappa shape index (κ3) is 4.34. The lowest BCUT2D eigenvalue weighted by molar-refractivity contribution is 0.0943. The third-order valence-corrected chi connectivity index (χ3v) is 3.05. The number of nitrogens with zero attached hydrogens (tertiary/aromatic N) is 2. The van der Waals surface area contributed by atoms with Crippen molar-refractivity contribution < 1.29 is 4.79 Å². The second kappa shape index (κ2) is 6.92. The summed E-state index contributed by atoms with van der Waals surface area (Å²) in [5.74, 6) is -0.0487. The van der Waals surface area contributed by atoms with Crippen LogP contribution in [0.2, 0.25) is 0 Å². The smallest absolute Gasteiger partial charge is 0.251 e. The van der Waals surface area contributed by atoms with Crippen molar-refractivity contribution in [2.45, 2.75) is 39.9 Å². The largest absolute Gasteiger partial charge is 0.381 e. The second-order valence-corrected chi connectivity index (χ2v) is 5.27. The zero-order valence-corrected chi connectivity index (χ0v) is 12.8. The summed E-state index contributed by atoms with van der Waals surface area (Å²) >= 11 is 0. The maximum absolute atomic E-state index is 12.0. The fourth-order valence-electron chi connectivity index (χ4n) is 1.99. The Morgan fingerprint density at radius 2 is 2.19 bits per heavy atom. The number of benzene rings is 1. The summed E-state index contributed by atoms with van der Waals surface area (Å²) in [6.07, 6.45) is 3.87. The van der Waals surface area contributed by atoms with Crippen LogP contribution in [0, 0.1) is 0 Å². The Balaban J connectivity index is 1.99. The summed E-state index contributed by atoms with van der Waals surface area (Å²) in [6, 6.07) is 7.65. The Kier molecular flexibility index (Phi) is 4.98. The molecule has 0 fully saturated rings. The molecule has 0 bridgehead atoms. The molecule has 5 nitrogen and oxygen atoms in total. The molecule has 1 heterocycles. The van der Waals surface area contributed by atoms with Crippen molar-refractivity contribution in [1.29, 1.82) is 0 Å². The van der Waals surface area contributed by atoms with Gasteiger partial charge in [0.05, 0.1) is 6.20 Å². The number of aryl methyl sites for hydroxylation is 1. The summed E-state index contributed by atoms with van der Waals surface area (Å²) in [5, 5.41) is 10.4. The van der Waals surface area contributed by atoms with Crippen LogP contribution in [0.4, 0.5) is 5.69 Å². The molecule has 5 heteroatoms. The maximum atomic E-state index is 12.0. The molecule has 112 valence electrons. The summed E-state index contributed by atoms with van der Waals surface area (Å²) < 4.78 is 1.89. The quantitative estimate of drug-likeness (QED) is 0.858. The van der Waals surface area contributed by atoms with Crippen LogP contribution in [0.25, 0.3) is 0 Å². The molecule has 1 aromatic heterocycles. The molecule has 0 aliphatic rings. The van der Waals surface area contributed by atoms with Crippen LogP contribution in [0.3, 0.4) is 0 Å². The van der Waals surface area contributed by atoms with E-state index in [9.17, 15) is 4.79 Å². The second-order valence-electron chi connectivity index (χ2n) is 5.27. The van der Waals surface area contributed by atoms with Crippen molar-refractivity contribution in [3.8, 4) is 0 Å². The molecule has 1 amide bonds. The maximum Gasteiger partial charge on any atom is 0.251 e. The number of anilines is 1. The van der Waals surface area contributed by atoms with E-state index < -0.39 is 0 Å². The van der Waals surface area contributed by atoms with Gasteiger partial charge in [0.15, 0.2) is 0 Å². The van der Waals surface area contributed by atoms with Gasteiger partial charge in [-0.05, 0) is 39.0 Å². The Morgan fingerprint density at radius 1 is 1.38 bits per heavy atom. The van der Waals surface area contributed by atoms with Crippen molar-refractivity contribution in [2.24, 2.45) is 0 Å². The lowest BCUT2D eigenvalue weighted by atomic mass is 10.1. The van der Waals surface area contributed by atoms with Crippen LogP contribution in [0.1, 0.15) is 36.7 Å². The lowest BCUT2D eigenvalue weighted by Gasteiger charge is -2.10. The van der Waals surface area contributed by atoms with Gasteiger partial charge in [-0.25, -0.2) is 0 Å². The normalized spacial score (nSPS) is 10.7. The van der Waals surface area contributed by atoms with Crippen molar-refractivity contribution >= 4 is 11.6 Å². The van der Waals surface area contributed by atoms with Gasteiger partial charge in [-0.3, -0.25) is 9.48 Å². The predicted molar refractivity (Wildman–Crippen MR) is 84.3 cm³/mol. The zero-order chi connectivity index (χ0) is 15.2. The minimum absolute atomic E-state index is 0.0487. The van der Waals surface area contributed by atoms with Gasteiger partial charge in [0.2, 0.25) is 0 Å². The highest BCUT2D eigenvalue weighted by atomic mass is 16.1. The Hall–Kier alpha value is -2.30. The van der Waals surface area contributed by atoms with E-state index in [1.807, 2.05) is 55.2 Å². The average molecular weight is 286 g/mol. The molecule has 0 aliphatic heterocycles. The first-order valence-corrected chi connectivity index (χ1v) is 7.24. The monoisotopic (exact) mass is 286 g/mol. The molecule has 21 heavy (non-hydrogen) atoms. The van der Waals surface area contributed by atoms with E-state index in [1.165, 1.54) is 0 Å². The van der Waals surface area contributed by atoms with Crippen molar-refractivity contribution in [3.05, 3.63) is 47.8 Å². The third-order valence-electron chi connectivity index (χ3n) is 3.05. The summed E-state index contributed by atoms with van der Waals surface area (Å²) in [4.78, 5) is 12.0. The topological polar surface area (TPSA) is 59.0 Å². The van der Waals surface area contributed by atoms with Crippen LogP contribution >= 0.6 is 0 Å². The number of hydrogen-bond donors (Lipinski definition) is 2. The SMILES string of the molecule is CCn1cc(CNc2cccc(C(=O)NC(C)C)c2)cn1. The van der Waals surface area contributed by atoms with Gasteiger partial charge in [0, 0.05) is 42.1 Å². The molecule has 0 radical (unpaired) electrons. The highest BCUT2D eigenvalue weighted by molar-refractivity contribution is 5.95. The van der Waals surface area contributed by atoms with E-state index in [1.54, 1.807) is 0 Å². The highest BCUT2D eigenvalue weighted by Crippen LogP contribution is 2.12. The minimum Gasteiger partial charge on any atom is -0.381 e. The average Bonchev–Trinajstić information content (AvgIpc) is 2.93. The van der Waals surface area contributed by atoms with E-state index in [4.69, 9.17) is 0 Å². The number of nitrogens with one attached hydrogen (secondary N) is 2. The van der Waals surface area contributed by atoms with Crippen molar-refractivity contribution in [2.75, 3.05) is 5.32 Å². The predicted octanol–water partition coefficient (Wildman–Crippen LogP) is 2.65. The molecular weight excluding hydrogens is 264 g/mol. The van der Waals surface area contributed by atoms with Crippen LogP contribution in [0.15, 0.2) is 36.7 Å². The molecule has 0 unspecified atom stereocenters. The lowest BCUT2D eigenvalue weighted by Crippen LogP contribution is -2.30. The fraction of sp³-hybridized carbons (Fsp3) is 0.375. The van der Waals surface area contributed by atoms with E-state index in [0.717, 1.165) is 17.8 Å². The summed E-state index contributed by atoms with van der Waals surface area (Å²) in [5.41, 5.74) is 2.71.